The number of aromatic amines is 1. The predicted octanol–water partition coefficient (Wildman–Crippen LogP) is 7.13. The number of aryl methyl sites for hydroxylation is 2. The molecule has 0 atom stereocenters. The minimum absolute atomic E-state index is 0.479. The number of halogens is 2. The van der Waals surface area contributed by atoms with Crippen LogP contribution in [0.3, 0.4) is 0 Å². The van der Waals surface area contributed by atoms with Crippen LogP contribution in [-0.2, 0) is 6.61 Å². The number of fused-ring (bicyclic) bond motifs is 1. The fraction of sp³-hybridized carbons (Fsp3) is 0.208. The summed E-state index contributed by atoms with van der Waals surface area (Å²) in [5, 5.41) is 0.969. The Morgan fingerprint density at radius 2 is 1.70 bits per heavy atom. The van der Waals surface area contributed by atoms with Crippen LogP contribution in [0.15, 0.2) is 48.5 Å². The standard InChI is InChI=1S/C24H22Cl2N2O2/c1-4-29-23-10-16(24-27-20-11-18(25)19(26)12-21(20)28-24)7-8-22(23)30-13-17-9-14(2)5-6-15(17)3/h5-12H,4,13H2,1-3H3,(H,27,28). The van der Waals surface area contributed by atoms with Crippen molar-refractivity contribution >= 4 is 34.2 Å². The van der Waals surface area contributed by atoms with E-state index in [4.69, 9.17) is 32.7 Å². The predicted molar refractivity (Wildman–Crippen MR) is 123 cm³/mol. The van der Waals surface area contributed by atoms with Crippen LogP contribution < -0.4 is 9.47 Å². The molecule has 154 valence electrons. The molecule has 0 aliphatic heterocycles. The van der Waals surface area contributed by atoms with Crippen molar-refractivity contribution in [3.63, 3.8) is 0 Å². The van der Waals surface area contributed by atoms with Crippen molar-refractivity contribution in [2.24, 2.45) is 0 Å². The second-order valence-corrected chi connectivity index (χ2v) is 8.00. The van der Waals surface area contributed by atoms with Gasteiger partial charge in [-0.25, -0.2) is 4.98 Å². The van der Waals surface area contributed by atoms with E-state index < -0.39 is 0 Å². The molecule has 0 aliphatic carbocycles. The van der Waals surface area contributed by atoms with E-state index in [1.165, 1.54) is 11.1 Å². The zero-order chi connectivity index (χ0) is 21.3. The second kappa shape index (κ2) is 8.58. The minimum atomic E-state index is 0.479. The highest BCUT2D eigenvalue weighted by Gasteiger charge is 2.13. The Bertz CT molecular complexity index is 1180. The van der Waals surface area contributed by atoms with Gasteiger partial charge in [-0.1, -0.05) is 47.0 Å². The van der Waals surface area contributed by atoms with Crippen molar-refractivity contribution in [3.8, 4) is 22.9 Å². The van der Waals surface area contributed by atoms with Crippen molar-refractivity contribution in [1.29, 1.82) is 0 Å². The first-order valence-corrected chi connectivity index (χ1v) is 10.5. The van der Waals surface area contributed by atoms with Gasteiger partial charge in [0.15, 0.2) is 11.5 Å². The fourth-order valence-corrected chi connectivity index (χ4v) is 3.62. The number of hydrogen-bond acceptors (Lipinski definition) is 3. The minimum Gasteiger partial charge on any atom is -0.490 e. The van der Waals surface area contributed by atoms with Gasteiger partial charge in [0, 0.05) is 5.56 Å². The van der Waals surface area contributed by atoms with Gasteiger partial charge < -0.3 is 14.5 Å². The van der Waals surface area contributed by atoms with Crippen LogP contribution in [0.2, 0.25) is 10.0 Å². The molecule has 1 aromatic heterocycles. The molecule has 4 aromatic rings. The number of nitrogens with zero attached hydrogens (tertiary/aromatic N) is 1. The number of ether oxygens (including phenoxy) is 2. The van der Waals surface area contributed by atoms with Gasteiger partial charge in [0.25, 0.3) is 0 Å². The summed E-state index contributed by atoms with van der Waals surface area (Å²) in [6.45, 7) is 7.14. The van der Waals surface area contributed by atoms with Crippen molar-refractivity contribution < 1.29 is 9.47 Å². The topological polar surface area (TPSA) is 47.1 Å². The quantitative estimate of drug-likeness (QED) is 0.346. The molecular weight excluding hydrogens is 419 g/mol. The van der Waals surface area contributed by atoms with Gasteiger partial charge in [-0.05, 0) is 62.2 Å². The van der Waals surface area contributed by atoms with E-state index in [-0.39, 0.29) is 0 Å². The van der Waals surface area contributed by atoms with Crippen LogP contribution in [-0.4, -0.2) is 16.6 Å². The molecule has 6 heteroatoms. The van der Waals surface area contributed by atoms with E-state index in [0.29, 0.717) is 40.6 Å². The Balaban J connectivity index is 1.64. The lowest BCUT2D eigenvalue weighted by Gasteiger charge is -2.14. The summed E-state index contributed by atoms with van der Waals surface area (Å²) < 4.78 is 11.9. The van der Waals surface area contributed by atoms with Gasteiger partial charge in [-0.3, -0.25) is 0 Å². The smallest absolute Gasteiger partial charge is 0.161 e. The first kappa shape index (κ1) is 20.6. The molecule has 0 radical (unpaired) electrons. The molecule has 0 saturated heterocycles. The van der Waals surface area contributed by atoms with Crippen molar-refractivity contribution in [1.82, 2.24) is 9.97 Å². The first-order chi connectivity index (χ1) is 14.4. The number of benzene rings is 3. The summed E-state index contributed by atoms with van der Waals surface area (Å²) in [7, 11) is 0. The van der Waals surface area contributed by atoms with Crippen LogP contribution in [0.5, 0.6) is 11.5 Å². The van der Waals surface area contributed by atoms with Crippen molar-refractivity contribution in [2.75, 3.05) is 6.61 Å². The fourth-order valence-electron chi connectivity index (χ4n) is 3.30. The third-order valence-corrected chi connectivity index (χ3v) is 5.65. The van der Waals surface area contributed by atoms with E-state index >= 15 is 0 Å². The van der Waals surface area contributed by atoms with E-state index in [1.807, 2.05) is 25.1 Å². The lowest BCUT2D eigenvalue weighted by atomic mass is 10.1. The summed E-state index contributed by atoms with van der Waals surface area (Å²) in [6.07, 6.45) is 0. The zero-order valence-corrected chi connectivity index (χ0v) is 18.6. The number of H-pyrrole nitrogens is 1. The van der Waals surface area contributed by atoms with Crippen LogP contribution in [0.25, 0.3) is 22.4 Å². The largest absolute Gasteiger partial charge is 0.490 e. The van der Waals surface area contributed by atoms with Gasteiger partial charge in [-0.15, -0.1) is 0 Å². The van der Waals surface area contributed by atoms with Crippen molar-refractivity contribution in [2.45, 2.75) is 27.4 Å². The average molecular weight is 441 g/mol. The van der Waals surface area contributed by atoms with Gasteiger partial charge in [-0.2, -0.15) is 0 Å². The third kappa shape index (κ3) is 4.25. The number of nitrogens with one attached hydrogen (secondary N) is 1. The van der Waals surface area contributed by atoms with Crippen LogP contribution >= 0.6 is 23.2 Å². The summed E-state index contributed by atoms with van der Waals surface area (Å²) in [5.74, 6) is 2.09. The van der Waals surface area contributed by atoms with E-state index in [0.717, 1.165) is 22.2 Å². The normalized spacial score (nSPS) is 11.1. The lowest BCUT2D eigenvalue weighted by molar-refractivity contribution is 0.269. The monoisotopic (exact) mass is 440 g/mol. The average Bonchev–Trinajstić information content (AvgIpc) is 3.12. The Labute approximate surface area is 185 Å². The Morgan fingerprint density at radius 1 is 0.900 bits per heavy atom. The van der Waals surface area contributed by atoms with E-state index in [9.17, 15) is 0 Å². The molecule has 0 unspecified atom stereocenters. The van der Waals surface area contributed by atoms with Gasteiger partial charge in [0.1, 0.15) is 12.4 Å². The molecule has 0 saturated carbocycles. The molecule has 1 heterocycles. The maximum Gasteiger partial charge on any atom is 0.161 e. The van der Waals surface area contributed by atoms with E-state index in [1.54, 1.807) is 12.1 Å². The highest BCUT2D eigenvalue weighted by atomic mass is 35.5. The number of rotatable bonds is 6. The van der Waals surface area contributed by atoms with Gasteiger partial charge in [0.05, 0.1) is 27.7 Å². The number of imidazole rings is 1. The SMILES string of the molecule is CCOc1cc(-c2nc3cc(Cl)c(Cl)cc3[nH]2)ccc1OCc1cc(C)ccc1C. The molecule has 1 N–H and O–H groups in total. The second-order valence-electron chi connectivity index (χ2n) is 7.18. The zero-order valence-electron chi connectivity index (χ0n) is 17.1. The molecule has 0 fully saturated rings. The Morgan fingerprint density at radius 3 is 2.50 bits per heavy atom. The molecule has 0 aliphatic rings. The highest BCUT2D eigenvalue weighted by molar-refractivity contribution is 6.42. The van der Waals surface area contributed by atoms with Gasteiger partial charge in [0.2, 0.25) is 0 Å². The maximum absolute atomic E-state index is 6.12. The van der Waals surface area contributed by atoms with Crippen LogP contribution in [0.4, 0.5) is 0 Å². The molecule has 4 rings (SSSR count). The number of aromatic nitrogens is 2. The molecule has 30 heavy (non-hydrogen) atoms. The molecule has 3 aromatic carbocycles. The lowest BCUT2D eigenvalue weighted by Crippen LogP contribution is -2.01. The molecular formula is C24H22Cl2N2O2. The summed E-state index contributed by atoms with van der Waals surface area (Å²) in [5.41, 5.74) is 6.05. The molecule has 0 amide bonds. The van der Waals surface area contributed by atoms with Gasteiger partial charge >= 0.3 is 0 Å². The Hall–Kier alpha value is -2.69. The number of hydrogen-bond donors (Lipinski definition) is 1. The molecule has 0 spiro atoms. The molecule has 0 bridgehead atoms. The molecule has 4 nitrogen and oxygen atoms in total. The Kier molecular flexibility index (Phi) is 5.89. The van der Waals surface area contributed by atoms with E-state index in [2.05, 4.69) is 42.0 Å². The summed E-state index contributed by atoms with van der Waals surface area (Å²) >= 11 is 12.2. The van der Waals surface area contributed by atoms with Crippen LogP contribution in [0, 0.1) is 13.8 Å². The first-order valence-electron chi connectivity index (χ1n) is 9.75. The summed E-state index contributed by atoms with van der Waals surface area (Å²) in [4.78, 5) is 7.93. The highest BCUT2D eigenvalue weighted by Crippen LogP contribution is 2.34. The maximum atomic E-state index is 6.12. The summed E-state index contributed by atoms with van der Waals surface area (Å²) in [6, 6.07) is 15.7. The van der Waals surface area contributed by atoms with Crippen LogP contribution in [0.1, 0.15) is 23.6 Å². The van der Waals surface area contributed by atoms with Crippen molar-refractivity contribution in [3.05, 3.63) is 75.3 Å². The third-order valence-electron chi connectivity index (χ3n) is 4.93.